The lowest BCUT2D eigenvalue weighted by Crippen LogP contribution is -2.37. The van der Waals surface area contributed by atoms with E-state index in [0.29, 0.717) is 11.4 Å². The number of alkyl halides is 1. The molecule has 0 aliphatic heterocycles. The molecule has 3 nitrogen and oxygen atoms in total. The number of nitrogens with one attached hydrogen (secondary N) is 1. The van der Waals surface area contributed by atoms with Crippen LogP contribution in [-0.2, 0) is 10.0 Å². The molecule has 1 aromatic rings. The second-order valence-electron chi connectivity index (χ2n) is 5.24. The summed E-state index contributed by atoms with van der Waals surface area (Å²) in [5.41, 5.74) is -0.128. The Bertz CT molecular complexity index is 586. The van der Waals surface area contributed by atoms with Crippen LogP contribution >= 0.6 is 15.9 Å². The van der Waals surface area contributed by atoms with E-state index in [1.54, 1.807) is 0 Å². The third kappa shape index (κ3) is 3.38. The van der Waals surface area contributed by atoms with Gasteiger partial charge in [0.2, 0.25) is 10.0 Å². The van der Waals surface area contributed by atoms with Crippen molar-refractivity contribution in [1.29, 1.82) is 0 Å². The Morgan fingerprint density at radius 2 is 1.90 bits per heavy atom. The highest BCUT2D eigenvalue weighted by atomic mass is 79.9. The van der Waals surface area contributed by atoms with Crippen LogP contribution in [0.1, 0.15) is 25.7 Å². The van der Waals surface area contributed by atoms with Crippen LogP contribution in [0.25, 0.3) is 0 Å². The second-order valence-corrected chi connectivity index (χ2v) is 7.54. The van der Waals surface area contributed by atoms with Gasteiger partial charge >= 0.3 is 0 Å². The summed E-state index contributed by atoms with van der Waals surface area (Å²) < 4.78 is 53.2. The fraction of sp³-hybridized carbons (Fsp3) is 0.538. The van der Waals surface area contributed by atoms with Crippen molar-refractivity contribution in [3.63, 3.8) is 0 Å². The predicted molar refractivity (Wildman–Crippen MR) is 76.2 cm³/mol. The van der Waals surface area contributed by atoms with Gasteiger partial charge in [-0.15, -0.1) is 0 Å². The predicted octanol–water partition coefficient (Wildman–Crippen LogP) is 3.20. The molecule has 0 atom stereocenters. The Kier molecular flexibility index (Phi) is 4.81. The molecule has 0 aromatic heterocycles. The summed E-state index contributed by atoms with van der Waals surface area (Å²) in [5, 5.41) is 0.689. The lowest BCUT2D eigenvalue weighted by atomic mass is 9.89. The molecule has 0 heterocycles. The highest BCUT2D eigenvalue weighted by molar-refractivity contribution is 9.09. The Balaban J connectivity index is 2.17. The maximum atomic E-state index is 13.5. The summed E-state index contributed by atoms with van der Waals surface area (Å²) in [5.74, 6) is -1.72. The zero-order valence-electron chi connectivity index (χ0n) is 10.8. The molecule has 1 N–H and O–H groups in total. The van der Waals surface area contributed by atoms with E-state index < -0.39 is 26.6 Å². The summed E-state index contributed by atoms with van der Waals surface area (Å²) in [6.45, 7) is 0.233. The van der Waals surface area contributed by atoms with Crippen LogP contribution in [-0.4, -0.2) is 20.3 Å². The molecule has 2 rings (SSSR count). The van der Waals surface area contributed by atoms with E-state index in [1.165, 1.54) is 0 Å². The van der Waals surface area contributed by atoms with Crippen molar-refractivity contribution >= 4 is 26.0 Å². The highest BCUT2D eigenvalue weighted by Crippen LogP contribution is 2.39. The Hall–Kier alpha value is -0.530. The number of hydrogen-bond donors (Lipinski definition) is 1. The average Bonchev–Trinajstić information content (AvgIpc) is 2.89. The van der Waals surface area contributed by atoms with Crippen molar-refractivity contribution in [2.45, 2.75) is 30.6 Å². The third-order valence-corrected chi connectivity index (χ3v) is 6.37. The van der Waals surface area contributed by atoms with Crippen LogP contribution in [0.4, 0.5) is 8.78 Å². The van der Waals surface area contributed by atoms with Crippen molar-refractivity contribution in [2.75, 3.05) is 11.9 Å². The van der Waals surface area contributed by atoms with Crippen LogP contribution < -0.4 is 4.72 Å². The normalized spacial score (nSPS) is 18.4. The number of rotatable bonds is 5. The fourth-order valence-electron chi connectivity index (χ4n) is 2.49. The van der Waals surface area contributed by atoms with E-state index in [-0.39, 0.29) is 12.0 Å². The quantitative estimate of drug-likeness (QED) is 0.812. The van der Waals surface area contributed by atoms with Crippen LogP contribution in [0.2, 0.25) is 0 Å². The van der Waals surface area contributed by atoms with Crippen molar-refractivity contribution in [2.24, 2.45) is 5.41 Å². The van der Waals surface area contributed by atoms with Gasteiger partial charge in [-0.3, -0.25) is 0 Å². The number of halogens is 3. The van der Waals surface area contributed by atoms with Crippen LogP contribution in [0.5, 0.6) is 0 Å². The summed E-state index contributed by atoms with van der Waals surface area (Å²) in [6, 6.07) is 2.41. The van der Waals surface area contributed by atoms with Crippen LogP contribution in [0.3, 0.4) is 0 Å². The van der Waals surface area contributed by atoms with Gasteiger partial charge < -0.3 is 0 Å². The van der Waals surface area contributed by atoms with Gasteiger partial charge in [0.15, 0.2) is 0 Å². The minimum absolute atomic E-state index is 0.128. The smallest absolute Gasteiger partial charge is 0.210 e. The maximum absolute atomic E-state index is 13.5. The van der Waals surface area contributed by atoms with Gasteiger partial charge in [0.05, 0.1) is 0 Å². The van der Waals surface area contributed by atoms with Gasteiger partial charge in [0.25, 0.3) is 0 Å². The monoisotopic (exact) mass is 367 g/mol. The van der Waals surface area contributed by atoms with Crippen LogP contribution in [0.15, 0.2) is 23.1 Å². The molecule has 0 amide bonds. The van der Waals surface area contributed by atoms with E-state index in [9.17, 15) is 17.2 Å². The van der Waals surface area contributed by atoms with Crippen LogP contribution in [0, 0.1) is 17.0 Å². The van der Waals surface area contributed by atoms with E-state index in [4.69, 9.17) is 0 Å². The second kappa shape index (κ2) is 6.07. The lowest BCUT2D eigenvalue weighted by Gasteiger charge is -2.26. The molecule has 1 saturated carbocycles. The minimum Gasteiger partial charge on any atom is -0.210 e. The molecule has 112 valence electrons. The molecule has 1 fully saturated rings. The Morgan fingerprint density at radius 3 is 2.50 bits per heavy atom. The van der Waals surface area contributed by atoms with Gasteiger partial charge in [-0.25, -0.2) is 21.9 Å². The number of benzene rings is 1. The number of hydrogen-bond acceptors (Lipinski definition) is 2. The molecule has 0 spiro atoms. The van der Waals surface area contributed by atoms with Crippen molar-refractivity contribution < 1.29 is 17.2 Å². The van der Waals surface area contributed by atoms with Crippen molar-refractivity contribution in [3.05, 3.63) is 29.8 Å². The minimum atomic E-state index is -4.03. The molecule has 0 unspecified atom stereocenters. The SMILES string of the molecule is O=S(=O)(NCC1(CBr)CCCC1)c1cc(F)ccc1F. The van der Waals surface area contributed by atoms with E-state index in [1.807, 2.05) is 0 Å². The summed E-state index contributed by atoms with van der Waals surface area (Å²) in [4.78, 5) is -0.639. The average molecular weight is 368 g/mol. The standard InChI is InChI=1S/C13H16BrF2NO2S/c14-8-13(5-1-2-6-13)9-17-20(18,19)12-7-10(15)3-4-11(12)16/h3-4,7,17H,1-2,5-6,8-9H2. The summed E-state index contributed by atoms with van der Waals surface area (Å²) in [6.07, 6.45) is 3.96. The first kappa shape index (κ1) is 15.9. The summed E-state index contributed by atoms with van der Waals surface area (Å²) in [7, 11) is -4.03. The first-order valence-electron chi connectivity index (χ1n) is 6.39. The molecule has 1 aliphatic rings. The van der Waals surface area contributed by atoms with E-state index >= 15 is 0 Å². The highest BCUT2D eigenvalue weighted by Gasteiger charge is 2.34. The molecular weight excluding hydrogens is 352 g/mol. The molecule has 0 radical (unpaired) electrons. The first-order valence-corrected chi connectivity index (χ1v) is 9.00. The zero-order chi connectivity index (χ0) is 14.8. The van der Waals surface area contributed by atoms with Gasteiger partial charge in [-0.05, 0) is 36.5 Å². The Morgan fingerprint density at radius 1 is 1.25 bits per heavy atom. The number of sulfonamides is 1. The lowest BCUT2D eigenvalue weighted by molar-refractivity contribution is 0.347. The molecule has 1 aliphatic carbocycles. The first-order chi connectivity index (χ1) is 9.38. The largest absolute Gasteiger partial charge is 0.243 e. The van der Waals surface area contributed by atoms with Gasteiger partial charge in [-0.2, -0.15) is 0 Å². The fourth-order valence-corrected chi connectivity index (χ4v) is 4.49. The molecule has 7 heteroatoms. The molecular formula is C13H16BrF2NO2S. The molecule has 0 saturated heterocycles. The van der Waals surface area contributed by atoms with Gasteiger partial charge in [0, 0.05) is 11.9 Å². The Labute approximate surface area is 125 Å². The zero-order valence-corrected chi connectivity index (χ0v) is 13.2. The van der Waals surface area contributed by atoms with E-state index in [0.717, 1.165) is 37.8 Å². The van der Waals surface area contributed by atoms with E-state index in [2.05, 4.69) is 20.7 Å². The topological polar surface area (TPSA) is 46.2 Å². The molecule has 0 bridgehead atoms. The maximum Gasteiger partial charge on any atom is 0.243 e. The molecule has 1 aromatic carbocycles. The third-order valence-electron chi connectivity index (χ3n) is 3.77. The van der Waals surface area contributed by atoms with Crippen molar-refractivity contribution in [1.82, 2.24) is 4.72 Å². The van der Waals surface area contributed by atoms with Gasteiger partial charge in [0.1, 0.15) is 16.5 Å². The molecule has 20 heavy (non-hydrogen) atoms. The van der Waals surface area contributed by atoms with Gasteiger partial charge in [-0.1, -0.05) is 28.8 Å². The summed E-state index contributed by atoms with van der Waals surface area (Å²) >= 11 is 3.41. The van der Waals surface area contributed by atoms with Crippen molar-refractivity contribution in [3.8, 4) is 0 Å².